The van der Waals surface area contributed by atoms with Gasteiger partial charge in [-0.25, -0.2) is 13.1 Å². The van der Waals surface area contributed by atoms with Gasteiger partial charge in [0.1, 0.15) is 0 Å². The van der Waals surface area contributed by atoms with Crippen LogP contribution in [0.15, 0.2) is 41.3 Å². The van der Waals surface area contributed by atoms with Crippen LogP contribution in [0.25, 0.3) is 0 Å². The molecule has 0 aliphatic rings. The number of nitrogen functional groups attached to an aromatic ring is 1. The molecule has 112 valence electrons. The van der Waals surface area contributed by atoms with Gasteiger partial charge in [-0.2, -0.15) is 0 Å². The maximum absolute atomic E-state index is 11.7. The third-order valence-electron chi connectivity index (χ3n) is 2.80. The van der Waals surface area contributed by atoms with Gasteiger partial charge in [0.05, 0.1) is 27.0 Å². The predicted molar refractivity (Wildman–Crippen MR) is 86.8 cm³/mol. The highest BCUT2D eigenvalue weighted by atomic mass is 35.5. The summed E-state index contributed by atoms with van der Waals surface area (Å²) in [6.07, 6.45) is 0. The van der Waals surface area contributed by atoms with Crippen molar-refractivity contribution in [3.05, 3.63) is 46.4 Å². The van der Waals surface area contributed by atoms with Gasteiger partial charge in [-0.05, 0) is 43.4 Å². The molecule has 0 atom stereocenters. The van der Waals surface area contributed by atoms with Gasteiger partial charge in [-0.15, -0.1) is 0 Å². The molecule has 8 heteroatoms. The second kappa shape index (κ2) is 6.11. The highest BCUT2D eigenvalue weighted by Gasteiger charge is 2.13. The Balaban J connectivity index is 2.34. The van der Waals surface area contributed by atoms with Gasteiger partial charge < -0.3 is 11.1 Å². The summed E-state index contributed by atoms with van der Waals surface area (Å²) in [7, 11) is -2.19. The lowest BCUT2D eigenvalue weighted by Gasteiger charge is -2.12. The van der Waals surface area contributed by atoms with E-state index in [4.69, 9.17) is 28.9 Å². The molecule has 0 amide bonds. The summed E-state index contributed by atoms with van der Waals surface area (Å²) in [4.78, 5) is 0.0928. The standard InChI is InChI=1S/C13H13Cl2N3O2S/c1-17-21(19,20)9-3-5-13(11(16)7-9)18-12-4-2-8(14)6-10(12)15/h2-7,17-18H,16H2,1H3. The van der Waals surface area contributed by atoms with Gasteiger partial charge in [0.2, 0.25) is 10.0 Å². The fourth-order valence-electron chi connectivity index (χ4n) is 1.68. The van der Waals surface area contributed by atoms with Crippen molar-refractivity contribution in [1.82, 2.24) is 4.72 Å². The fourth-order valence-corrected chi connectivity index (χ4v) is 2.90. The lowest BCUT2D eigenvalue weighted by Crippen LogP contribution is -2.18. The number of nitrogens with two attached hydrogens (primary N) is 1. The minimum atomic E-state index is -3.53. The zero-order valence-electron chi connectivity index (χ0n) is 11.0. The van der Waals surface area contributed by atoms with Crippen LogP contribution in [-0.2, 0) is 10.0 Å². The van der Waals surface area contributed by atoms with Crippen molar-refractivity contribution in [3.8, 4) is 0 Å². The molecule has 0 saturated heterocycles. The molecule has 0 heterocycles. The summed E-state index contributed by atoms with van der Waals surface area (Å²) in [5.41, 5.74) is 7.34. The SMILES string of the molecule is CNS(=O)(=O)c1ccc(Nc2ccc(Cl)cc2Cl)c(N)c1. The number of benzene rings is 2. The number of nitrogens with one attached hydrogen (secondary N) is 2. The summed E-state index contributed by atoms with van der Waals surface area (Å²) in [6.45, 7) is 0. The molecular weight excluding hydrogens is 333 g/mol. The van der Waals surface area contributed by atoms with Gasteiger partial charge >= 0.3 is 0 Å². The Bertz CT molecular complexity index is 779. The first-order valence-corrected chi connectivity index (χ1v) is 8.12. The first-order chi connectivity index (χ1) is 9.83. The van der Waals surface area contributed by atoms with Crippen LogP contribution in [0.2, 0.25) is 10.0 Å². The Hall–Kier alpha value is -1.47. The Morgan fingerprint density at radius 1 is 1.05 bits per heavy atom. The molecule has 0 radical (unpaired) electrons. The zero-order valence-corrected chi connectivity index (χ0v) is 13.4. The van der Waals surface area contributed by atoms with E-state index in [0.717, 1.165) is 0 Å². The molecule has 0 aliphatic carbocycles. The molecule has 0 aliphatic heterocycles. The molecule has 0 saturated carbocycles. The predicted octanol–water partition coefficient (Wildman–Crippen LogP) is 3.23. The van der Waals surface area contributed by atoms with Crippen molar-refractivity contribution in [1.29, 1.82) is 0 Å². The minimum absolute atomic E-state index is 0.0928. The van der Waals surface area contributed by atoms with E-state index in [1.165, 1.54) is 19.2 Å². The van der Waals surface area contributed by atoms with Crippen LogP contribution in [0.3, 0.4) is 0 Å². The topological polar surface area (TPSA) is 84.2 Å². The molecule has 0 bridgehead atoms. The lowest BCUT2D eigenvalue weighted by atomic mass is 10.2. The Kier molecular flexibility index (Phi) is 4.63. The number of anilines is 3. The van der Waals surface area contributed by atoms with Crippen LogP contribution in [-0.4, -0.2) is 15.5 Å². The maximum atomic E-state index is 11.7. The van der Waals surface area contributed by atoms with Crippen LogP contribution in [0.5, 0.6) is 0 Å². The van der Waals surface area contributed by atoms with E-state index >= 15 is 0 Å². The van der Waals surface area contributed by atoms with Crippen molar-refractivity contribution in [2.45, 2.75) is 4.90 Å². The van der Waals surface area contributed by atoms with Crippen LogP contribution in [0.1, 0.15) is 0 Å². The van der Waals surface area contributed by atoms with Crippen molar-refractivity contribution in [3.63, 3.8) is 0 Å². The molecule has 0 fully saturated rings. The van der Waals surface area contributed by atoms with Crippen LogP contribution in [0, 0.1) is 0 Å². The Morgan fingerprint density at radius 3 is 2.29 bits per heavy atom. The first kappa shape index (κ1) is 15.9. The van der Waals surface area contributed by atoms with E-state index in [1.54, 1.807) is 24.3 Å². The normalized spacial score (nSPS) is 11.4. The largest absolute Gasteiger partial charge is 0.397 e. The van der Waals surface area contributed by atoms with Crippen LogP contribution < -0.4 is 15.8 Å². The average Bonchev–Trinajstić information content (AvgIpc) is 2.43. The second-order valence-electron chi connectivity index (χ2n) is 4.21. The molecule has 0 unspecified atom stereocenters. The summed E-state index contributed by atoms with van der Waals surface area (Å²) in [6, 6.07) is 9.40. The third-order valence-corrected chi connectivity index (χ3v) is 4.76. The van der Waals surface area contributed by atoms with Gasteiger partial charge in [-0.3, -0.25) is 0 Å². The van der Waals surface area contributed by atoms with Gasteiger partial charge in [0.15, 0.2) is 0 Å². The summed E-state index contributed by atoms with van der Waals surface area (Å²) in [5, 5.41) is 3.99. The third kappa shape index (κ3) is 3.59. The molecule has 2 rings (SSSR count). The molecule has 0 spiro atoms. The molecule has 4 N–H and O–H groups in total. The molecule has 2 aromatic rings. The number of halogens is 2. The van der Waals surface area contributed by atoms with Crippen molar-refractivity contribution >= 4 is 50.3 Å². The lowest BCUT2D eigenvalue weighted by molar-refractivity contribution is 0.588. The van der Waals surface area contributed by atoms with E-state index in [9.17, 15) is 8.42 Å². The molecule has 5 nitrogen and oxygen atoms in total. The first-order valence-electron chi connectivity index (χ1n) is 5.88. The van der Waals surface area contributed by atoms with E-state index in [0.29, 0.717) is 21.4 Å². The van der Waals surface area contributed by atoms with Gasteiger partial charge in [0.25, 0.3) is 0 Å². The number of rotatable bonds is 4. The zero-order chi connectivity index (χ0) is 15.6. The number of hydrogen-bond acceptors (Lipinski definition) is 4. The second-order valence-corrected chi connectivity index (χ2v) is 6.94. The highest BCUT2D eigenvalue weighted by molar-refractivity contribution is 7.89. The van der Waals surface area contributed by atoms with E-state index < -0.39 is 10.0 Å². The summed E-state index contributed by atoms with van der Waals surface area (Å²) < 4.78 is 25.6. The quantitative estimate of drug-likeness (QED) is 0.742. The van der Waals surface area contributed by atoms with Crippen molar-refractivity contribution in [2.75, 3.05) is 18.1 Å². The van der Waals surface area contributed by atoms with Gasteiger partial charge in [0, 0.05) is 5.02 Å². The summed E-state index contributed by atoms with van der Waals surface area (Å²) >= 11 is 11.9. The molecule has 0 aromatic heterocycles. The van der Waals surface area contributed by atoms with Crippen LogP contribution >= 0.6 is 23.2 Å². The van der Waals surface area contributed by atoms with Crippen molar-refractivity contribution in [2.24, 2.45) is 0 Å². The summed E-state index contributed by atoms with van der Waals surface area (Å²) in [5.74, 6) is 0. The Labute approximate surface area is 133 Å². The molecular formula is C13H13Cl2N3O2S. The van der Waals surface area contributed by atoms with E-state index in [-0.39, 0.29) is 10.6 Å². The maximum Gasteiger partial charge on any atom is 0.240 e. The smallest absolute Gasteiger partial charge is 0.240 e. The molecule has 21 heavy (non-hydrogen) atoms. The van der Waals surface area contributed by atoms with Crippen molar-refractivity contribution < 1.29 is 8.42 Å². The fraction of sp³-hybridized carbons (Fsp3) is 0.0769. The van der Waals surface area contributed by atoms with Crippen LogP contribution in [0.4, 0.5) is 17.1 Å². The Morgan fingerprint density at radius 2 is 1.71 bits per heavy atom. The average molecular weight is 346 g/mol. The van der Waals surface area contributed by atoms with E-state index in [1.807, 2.05) is 0 Å². The number of sulfonamides is 1. The minimum Gasteiger partial charge on any atom is -0.397 e. The van der Waals surface area contributed by atoms with E-state index in [2.05, 4.69) is 10.0 Å². The van der Waals surface area contributed by atoms with Gasteiger partial charge in [-0.1, -0.05) is 23.2 Å². The molecule has 2 aromatic carbocycles. The monoisotopic (exact) mass is 345 g/mol. The number of hydrogen-bond donors (Lipinski definition) is 3. The highest BCUT2D eigenvalue weighted by Crippen LogP contribution is 2.31.